The standard InChI is InChI=1S/C22H21FN2O4S/c1-15-24-19(14-30-15)12-28-20-9-5-17(6-10-20)22(27)29-13-21(26)25(2)11-16-3-7-18(23)8-4-16/h3-10,14H,11-13H2,1-2H3. The van der Waals surface area contributed by atoms with Gasteiger partial charge in [0.1, 0.15) is 18.2 Å². The number of carbonyl (C=O) groups excluding carboxylic acids is 2. The number of carbonyl (C=O) groups is 2. The Kier molecular flexibility index (Phi) is 7.13. The lowest BCUT2D eigenvalue weighted by molar-refractivity contribution is -0.133. The van der Waals surface area contributed by atoms with Gasteiger partial charge in [0.05, 0.1) is 16.3 Å². The molecule has 3 aromatic rings. The van der Waals surface area contributed by atoms with E-state index in [1.807, 2.05) is 12.3 Å². The highest BCUT2D eigenvalue weighted by Gasteiger charge is 2.14. The monoisotopic (exact) mass is 428 g/mol. The predicted molar refractivity (Wildman–Crippen MR) is 111 cm³/mol. The Morgan fingerprint density at radius 2 is 1.80 bits per heavy atom. The van der Waals surface area contributed by atoms with Crippen LogP contribution in [0.2, 0.25) is 0 Å². The van der Waals surface area contributed by atoms with Crippen molar-refractivity contribution in [1.82, 2.24) is 9.88 Å². The van der Waals surface area contributed by atoms with Crippen molar-refractivity contribution in [2.24, 2.45) is 0 Å². The molecule has 0 N–H and O–H groups in total. The Balaban J connectivity index is 1.45. The zero-order valence-corrected chi connectivity index (χ0v) is 17.4. The number of hydrogen-bond donors (Lipinski definition) is 0. The van der Waals surface area contributed by atoms with Gasteiger partial charge in [-0.15, -0.1) is 11.3 Å². The van der Waals surface area contributed by atoms with Crippen LogP contribution in [0.4, 0.5) is 4.39 Å². The van der Waals surface area contributed by atoms with Crippen LogP contribution in [0.1, 0.15) is 26.6 Å². The molecule has 0 radical (unpaired) electrons. The number of halogens is 1. The summed E-state index contributed by atoms with van der Waals surface area (Å²) in [6.45, 7) is 2.20. The quantitative estimate of drug-likeness (QED) is 0.508. The number of ether oxygens (including phenoxy) is 2. The van der Waals surface area contributed by atoms with Crippen molar-refractivity contribution in [1.29, 1.82) is 0 Å². The summed E-state index contributed by atoms with van der Waals surface area (Å²) >= 11 is 1.56. The van der Waals surface area contributed by atoms with Crippen molar-refractivity contribution >= 4 is 23.2 Å². The van der Waals surface area contributed by atoms with Crippen molar-refractivity contribution in [3.05, 3.63) is 81.6 Å². The summed E-state index contributed by atoms with van der Waals surface area (Å²) in [7, 11) is 1.59. The summed E-state index contributed by atoms with van der Waals surface area (Å²) in [5, 5.41) is 2.91. The molecule has 2 aromatic carbocycles. The largest absolute Gasteiger partial charge is 0.487 e. The Morgan fingerprint density at radius 3 is 2.43 bits per heavy atom. The second-order valence-corrected chi connectivity index (χ2v) is 7.69. The van der Waals surface area contributed by atoms with E-state index in [0.717, 1.165) is 16.3 Å². The number of aryl methyl sites for hydroxylation is 1. The lowest BCUT2D eigenvalue weighted by Crippen LogP contribution is -2.30. The van der Waals surface area contributed by atoms with Gasteiger partial charge in [-0.25, -0.2) is 14.2 Å². The number of nitrogens with zero attached hydrogens (tertiary/aromatic N) is 2. The molecule has 0 aliphatic heterocycles. The number of likely N-dealkylation sites (N-methyl/N-ethyl adjacent to an activating group) is 1. The molecular weight excluding hydrogens is 407 g/mol. The van der Waals surface area contributed by atoms with Gasteiger partial charge in [0, 0.05) is 19.0 Å². The van der Waals surface area contributed by atoms with Crippen LogP contribution in [0, 0.1) is 12.7 Å². The van der Waals surface area contributed by atoms with Gasteiger partial charge < -0.3 is 14.4 Å². The van der Waals surface area contributed by atoms with Crippen molar-refractivity contribution in [2.75, 3.05) is 13.7 Å². The van der Waals surface area contributed by atoms with Gasteiger partial charge in [-0.2, -0.15) is 0 Å². The molecule has 1 aromatic heterocycles. The maximum Gasteiger partial charge on any atom is 0.338 e. The molecule has 3 rings (SSSR count). The van der Waals surface area contributed by atoms with Crippen LogP contribution in [-0.2, 0) is 22.7 Å². The van der Waals surface area contributed by atoms with Crippen molar-refractivity contribution in [3.8, 4) is 5.75 Å². The van der Waals surface area contributed by atoms with Crippen LogP contribution in [0.15, 0.2) is 53.9 Å². The van der Waals surface area contributed by atoms with Crippen LogP contribution in [0.25, 0.3) is 0 Å². The fourth-order valence-electron chi connectivity index (χ4n) is 2.59. The normalized spacial score (nSPS) is 10.5. The van der Waals surface area contributed by atoms with Gasteiger partial charge in [0.25, 0.3) is 5.91 Å². The maximum absolute atomic E-state index is 13.0. The highest BCUT2D eigenvalue weighted by molar-refractivity contribution is 7.09. The summed E-state index contributed by atoms with van der Waals surface area (Å²) in [4.78, 5) is 30.1. The molecule has 1 heterocycles. The molecule has 0 unspecified atom stereocenters. The number of esters is 1. The molecule has 30 heavy (non-hydrogen) atoms. The van der Waals surface area contributed by atoms with Gasteiger partial charge >= 0.3 is 5.97 Å². The maximum atomic E-state index is 13.0. The fraction of sp³-hybridized carbons (Fsp3) is 0.227. The third kappa shape index (κ3) is 6.12. The van der Waals surface area contributed by atoms with E-state index in [1.165, 1.54) is 17.0 Å². The molecule has 0 aliphatic rings. The average molecular weight is 428 g/mol. The fourth-order valence-corrected chi connectivity index (χ4v) is 3.19. The van der Waals surface area contributed by atoms with Crippen LogP contribution >= 0.6 is 11.3 Å². The summed E-state index contributed by atoms with van der Waals surface area (Å²) in [6.07, 6.45) is 0. The minimum Gasteiger partial charge on any atom is -0.487 e. The van der Waals surface area contributed by atoms with Crippen LogP contribution < -0.4 is 4.74 Å². The van der Waals surface area contributed by atoms with Gasteiger partial charge in [0.15, 0.2) is 6.61 Å². The zero-order chi connectivity index (χ0) is 21.5. The summed E-state index contributed by atoms with van der Waals surface area (Å²) in [5.74, 6) is -0.685. The topological polar surface area (TPSA) is 68.7 Å². The summed E-state index contributed by atoms with van der Waals surface area (Å²) in [6, 6.07) is 12.4. The van der Waals surface area contributed by atoms with E-state index in [2.05, 4.69) is 4.98 Å². The molecule has 0 saturated carbocycles. The summed E-state index contributed by atoms with van der Waals surface area (Å²) in [5.41, 5.74) is 1.95. The minimum atomic E-state index is -0.597. The average Bonchev–Trinajstić information content (AvgIpc) is 3.17. The van der Waals surface area contributed by atoms with Gasteiger partial charge in [0.2, 0.25) is 0 Å². The highest BCUT2D eigenvalue weighted by Crippen LogP contribution is 2.16. The van der Waals surface area contributed by atoms with E-state index in [4.69, 9.17) is 9.47 Å². The Bertz CT molecular complexity index is 1000. The third-order valence-corrected chi connectivity index (χ3v) is 5.05. The molecule has 0 fully saturated rings. The molecule has 6 nitrogen and oxygen atoms in total. The van der Waals surface area contributed by atoms with Crippen molar-refractivity contribution in [3.63, 3.8) is 0 Å². The van der Waals surface area contributed by atoms with Crippen LogP contribution in [-0.4, -0.2) is 35.4 Å². The molecule has 0 aliphatic carbocycles. The predicted octanol–water partition coefficient (Wildman–Crippen LogP) is 3.99. The van der Waals surface area contributed by atoms with E-state index in [0.29, 0.717) is 24.5 Å². The SMILES string of the molecule is Cc1nc(COc2ccc(C(=O)OCC(=O)N(C)Cc3ccc(F)cc3)cc2)cs1. The highest BCUT2D eigenvalue weighted by atomic mass is 32.1. The van der Waals surface area contributed by atoms with E-state index in [1.54, 1.807) is 54.8 Å². The van der Waals surface area contributed by atoms with Crippen LogP contribution in [0.3, 0.4) is 0 Å². The lowest BCUT2D eigenvalue weighted by atomic mass is 10.2. The number of benzene rings is 2. The van der Waals surface area contributed by atoms with Gasteiger partial charge in [-0.3, -0.25) is 4.79 Å². The summed E-state index contributed by atoms with van der Waals surface area (Å²) < 4.78 is 23.7. The minimum absolute atomic E-state index is 0.293. The van der Waals surface area contributed by atoms with E-state index in [-0.39, 0.29) is 18.3 Å². The molecule has 0 bridgehead atoms. The molecular formula is C22H21FN2O4S. The number of aromatic nitrogens is 1. The van der Waals surface area contributed by atoms with E-state index in [9.17, 15) is 14.0 Å². The smallest absolute Gasteiger partial charge is 0.338 e. The van der Waals surface area contributed by atoms with Crippen molar-refractivity contribution in [2.45, 2.75) is 20.1 Å². The molecule has 0 atom stereocenters. The second kappa shape index (κ2) is 9.98. The first-order chi connectivity index (χ1) is 14.4. The first-order valence-corrected chi connectivity index (χ1v) is 10.1. The van der Waals surface area contributed by atoms with E-state index < -0.39 is 5.97 Å². The first-order valence-electron chi connectivity index (χ1n) is 9.20. The molecule has 8 heteroatoms. The molecule has 1 amide bonds. The number of amides is 1. The van der Waals surface area contributed by atoms with E-state index >= 15 is 0 Å². The van der Waals surface area contributed by atoms with Gasteiger partial charge in [-0.1, -0.05) is 12.1 Å². The van der Waals surface area contributed by atoms with Crippen LogP contribution in [0.5, 0.6) is 5.75 Å². The van der Waals surface area contributed by atoms with Gasteiger partial charge in [-0.05, 0) is 48.9 Å². The Labute approximate surface area is 177 Å². The van der Waals surface area contributed by atoms with Crippen molar-refractivity contribution < 1.29 is 23.5 Å². The zero-order valence-electron chi connectivity index (χ0n) is 16.6. The lowest BCUT2D eigenvalue weighted by Gasteiger charge is -2.17. The third-order valence-electron chi connectivity index (χ3n) is 4.23. The Hall–Kier alpha value is -3.26. The Morgan fingerprint density at radius 1 is 1.10 bits per heavy atom. The number of rotatable bonds is 8. The molecule has 156 valence electrons. The number of thiazole rings is 1. The molecule has 0 saturated heterocycles. The second-order valence-electron chi connectivity index (χ2n) is 6.62. The molecule has 0 spiro atoms. The number of hydrogen-bond acceptors (Lipinski definition) is 6. The first kappa shape index (κ1) is 21.4.